The smallest absolute Gasteiger partial charge is 0.166 e. The molecule has 60 heavy (non-hydrogen) atoms. The van der Waals surface area contributed by atoms with Crippen LogP contribution in [0.3, 0.4) is 0 Å². The Morgan fingerprint density at radius 1 is 0.400 bits per heavy atom. The highest BCUT2D eigenvalue weighted by Crippen LogP contribution is 2.39. The third-order valence-electron chi connectivity index (χ3n) is 11.2. The van der Waals surface area contributed by atoms with Crippen molar-refractivity contribution in [3.05, 3.63) is 206 Å². The molecule has 0 saturated heterocycles. The molecule has 280 valence electrons. The van der Waals surface area contributed by atoms with Gasteiger partial charge in [0.15, 0.2) is 17.5 Å². The number of hydrogen-bond donors (Lipinski definition) is 0. The Morgan fingerprint density at radius 2 is 1.02 bits per heavy atom. The molecule has 3 heterocycles. The van der Waals surface area contributed by atoms with Gasteiger partial charge in [-0.15, -0.1) is 0 Å². The predicted octanol–water partition coefficient (Wildman–Crippen LogP) is 14.4. The normalized spacial score (nSPS) is 13.3. The quantitative estimate of drug-likeness (QED) is 0.169. The van der Waals surface area contributed by atoms with Crippen molar-refractivity contribution in [3.8, 4) is 62.1 Å². The standard InChI is InChI=1S/C55H34N4O/c1-2-18-40-35(14-1)15-12-23-41(40)36-30-32-37(33-31-36)53-56-54(39-17-11-16-38(34-39)42-24-13-25-46-45-21-6-10-29-51(45)60-52(42)46)58-55(57-53)47-22-5-9-28-50(47)59-48-26-7-3-19-43(48)44-20-4-8-27-49(44)59/h1-34H/i3D,4D,7D,19D,20D,26D,27D. The number of benzene rings is 9. The highest BCUT2D eigenvalue weighted by molar-refractivity contribution is 6.11. The summed E-state index contributed by atoms with van der Waals surface area (Å²) in [6.07, 6.45) is 0. The van der Waals surface area contributed by atoms with Crippen molar-refractivity contribution in [1.82, 2.24) is 19.5 Å². The first kappa shape index (κ1) is 27.5. The summed E-state index contributed by atoms with van der Waals surface area (Å²) in [5.41, 5.74) is 8.08. The fourth-order valence-corrected chi connectivity index (χ4v) is 8.40. The second kappa shape index (κ2) is 13.8. The molecule has 0 bridgehead atoms. The lowest BCUT2D eigenvalue weighted by molar-refractivity contribution is 0.670. The first-order chi connectivity index (χ1) is 32.6. The van der Waals surface area contributed by atoms with Crippen LogP contribution in [0.1, 0.15) is 9.60 Å². The zero-order valence-corrected chi connectivity index (χ0v) is 31.8. The van der Waals surface area contributed by atoms with Crippen molar-refractivity contribution in [1.29, 1.82) is 0 Å². The molecule has 0 atom stereocenters. The molecule has 0 aliphatic heterocycles. The summed E-state index contributed by atoms with van der Waals surface area (Å²) in [6.45, 7) is 0. The first-order valence-corrected chi connectivity index (χ1v) is 19.6. The number of furan rings is 1. The second-order valence-corrected chi connectivity index (χ2v) is 14.6. The van der Waals surface area contributed by atoms with Crippen molar-refractivity contribution < 1.29 is 14.0 Å². The molecule has 3 aromatic heterocycles. The van der Waals surface area contributed by atoms with Crippen LogP contribution < -0.4 is 0 Å². The van der Waals surface area contributed by atoms with E-state index < -0.39 is 12.1 Å². The Kier molecular flexibility index (Phi) is 6.30. The molecule has 12 aromatic rings. The van der Waals surface area contributed by atoms with Gasteiger partial charge in [0.1, 0.15) is 11.2 Å². The van der Waals surface area contributed by atoms with Crippen molar-refractivity contribution in [2.45, 2.75) is 0 Å². The topological polar surface area (TPSA) is 56.7 Å². The zero-order chi connectivity index (χ0) is 45.7. The van der Waals surface area contributed by atoms with E-state index in [1.54, 1.807) is 16.7 Å². The first-order valence-electron chi connectivity index (χ1n) is 23.1. The van der Waals surface area contributed by atoms with Crippen molar-refractivity contribution >= 4 is 54.5 Å². The van der Waals surface area contributed by atoms with E-state index in [2.05, 4.69) is 54.6 Å². The Morgan fingerprint density at radius 3 is 1.93 bits per heavy atom. The van der Waals surface area contributed by atoms with Crippen LogP contribution in [0, 0.1) is 0 Å². The van der Waals surface area contributed by atoms with Gasteiger partial charge in [-0.25, -0.2) is 15.0 Å². The van der Waals surface area contributed by atoms with Gasteiger partial charge in [-0.3, -0.25) is 0 Å². The molecule has 0 fully saturated rings. The number of fused-ring (bicyclic) bond motifs is 7. The number of nitrogens with zero attached hydrogens (tertiary/aromatic N) is 4. The molecular formula is C55H34N4O. The molecule has 5 heteroatoms. The maximum absolute atomic E-state index is 9.18. The summed E-state index contributed by atoms with van der Waals surface area (Å²) in [5, 5.41) is 4.47. The molecule has 0 aliphatic rings. The van der Waals surface area contributed by atoms with E-state index in [9.17, 15) is 1.37 Å². The molecule has 0 radical (unpaired) electrons. The molecule has 12 rings (SSSR count). The fourth-order valence-electron chi connectivity index (χ4n) is 8.40. The highest BCUT2D eigenvalue weighted by Gasteiger charge is 2.20. The Labute approximate surface area is 355 Å². The largest absolute Gasteiger partial charge is 0.455 e. The number of aromatic nitrogens is 4. The van der Waals surface area contributed by atoms with E-state index in [1.165, 1.54) is 6.07 Å². The van der Waals surface area contributed by atoms with Crippen LogP contribution in [0.4, 0.5) is 0 Å². The molecule has 0 saturated carbocycles. The average Bonchev–Trinajstić information content (AvgIpc) is 3.94. The van der Waals surface area contributed by atoms with Crippen LogP contribution in [0.2, 0.25) is 0 Å². The van der Waals surface area contributed by atoms with E-state index in [0.29, 0.717) is 28.5 Å². The van der Waals surface area contributed by atoms with Gasteiger partial charge >= 0.3 is 0 Å². The monoisotopic (exact) mass is 773 g/mol. The Bertz CT molecular complexity index is 4030. The molecule has 0 spiro atoms. The van der Waals surface area contributed by atoms with Crippen LogP contribution in [0.15, 0.2) is 211 Å². The van der Waals surface area contributed by atoms with Gasteiger partial charge in [0.25, 0.3) is 0 Å². The van der Waals surface area contributed by atoms with E-state index in [0.717, 1.165) is 60.5 Å². The maximum atomic E-state index is 9.18. The van der Waals surface area contributed by atoms with Crippen LogP contribution in [0.25, 0.3) is 117 Å². The average molecular weight is 774 g/mol. The second-order valence-electron chi connectivity index (χ2n) is 14.6. The summed E-state index contributed by atoms with van der Waals surface area (Å²) in [7, 11) is 0. The van der Waals surface area contributed by atoms with Gasteiger partial charge in [0, 0.05) is 43.8 Å². The molecular weight excluding hydrogens is 733 g/mol. The number of rotatable bonds is 6. The summed E-state index contributed by atoms with van der Waals surface area (Å²) < 4.78 is 70.1. The molecule has 0 N–H and O–H groups in total. The van der Waals surface area contributed by atoms with Crippen LogP contribution in [-0.2, 0) is 0 Å². The Hall–Kier alpha value is -8.15. The van der Waals surface area contributed by atoms with Gasteiger partial charge in [0.2, 0.25) is 0 Å². The van der Waals surface area contributed by atoms with Gasteiger partial charge < -0.3 is 8.98 Å². The fraction of sp³-hybridized carbons (Fsp3) is 0. The lowest BCUT2D eigenvalue weighted by atomic mass is 9.97. The third kappa shape index (κ3) is 5.52. The highest BCUT2D eigenvalue weighted by atomic mass is 16.3. The molecule has 0 unspecified atom stereocenters. The third-order valence-corrected chi connectivity index (χ3v) is 11.2. The maximum Gasteiger partial charge on any atom is 0.166 e. The van der Waals surface area contributed by atoms with E-state index in [4.69, 9.17) is 27.6 Å². The Balaban J connectivity index is 1.09. The minimum absolute atomic E-state index is 0.0583. The van der Waals surface area contributed by atoms with E-state index in [-0.39, 0.29) is 57.8 Å². The number of para-hydroxylation sites is 5. The summed E-state index contributed by atoms with van der Waals surface area (Å²) >= 11 is 0. The number of hydrogen-bond acceptors (Lipinski definition) is 4. The molecule has 0 amide bonds. The van der Waals surface area contributed by atoms with Gasteiger partial charge in [-0.05, 0) is 63.8 Å². The SMILES string of the molecule is [2H]c1cc([2H])c2c(c1[2H])c1c([2H])c([2H])c([2H])c([2H])c1n2-c1ccccc1-c1nc(-c2ccc(-c3cccc4ccccc34)cc2)nc(-c2cccc(-c3cccc4c3oc3ccccc34)c2)n1. The van der Waals surface area contributed by atoms with Crippen molar-refractivity contribution in [3.63, 3.8) is 0 Å². The summed E-state index contributed by atoms with van der Waals surface area (Å²) in [5.74, 6) is 1.04. The van der Waals surface area contributed by atoms with Crippen LogP contribution in [0.5, 0.6) is 0 Å². The lowest BCUT2D eigenvalue weighted by Crippen LogP contribution is -2.03. The van der Waals surface area contributed by atoms with Gasteiger partial charge in [-0.2, -0.15) is 0 Å². The minimum Gasteiger partial charge on any atom is -0.455 e. The van der Waals surface area contributed by atoms with Crippen LogP contribution >= 0.6 is 0 Å². The minimum atomic E-state index is -0.469. The summed E-state index contributed by atoms with van der Waals surface area (Å²) in [4.78, 5) is 15.4. The van der Waals surface area contributed by atoms with Crippen molar-refractivity contribution in [2.75, 3.05) is 0 Å². The van der Waals surface area contributed by atoms with Gasteiger partial charge in [0.05, 0.1) is 26.3 Å². The predicted molar refractivity (Wildman–Crippen MR) is 246 cm³/mol. The van der Waals surface area contributed by atoms with Crippen molar-refractivity contribution in [2.24, 2.45) is 0 Å². The van der Waals surface area contributed by atoms with Crippen LogP contribution in [-0.4, -0.2) is 19.5 Å². The summed E-state index contributed by atoms with van der Waals surface area (Å²) in [6, 6.07) is 51.0. The molecule has 5 nitrogen and oxygen atoms in total. The molecule has 0 aliphatic carbocycles. The molecule has 9 aromatic carbocycles. The lowest BCUT2D eigenvalue weighted by Gasteiger charge is -2.15. The van der Waals surface area contributed by atoms with E-state index in [1.807, 2.05) is 91.0 Å². The van der Waals surface area contributed by atoms with E-state index >= 15 is 0 Å². The van der Waals surface area contributed by atoms with Gasteiger partial charge in [-0.1, -0.05) is 170 Å². The zero-order valence-electron chi connectivity index (χ0n) is 38.8.